The van der Waals surface area contributed by atoms with Crippen molar-refractivity contribution in [2.75, 3.05) is 6.61 Å². The van der Waals surface area contributed by atoms with E-state index in [2.05, 4.69) is 0 Å². The van der Waals surface area contributed by atoms with Crippen molar-refractivity contribution < 1.29 is 14.3 Å². The summed E-state index contributed by atoms with van der Waals surface area (Å²) in [5.74, 6) is -0.583. The van der Waals surface area contributed by atoms with E-state index in [0.717, 1.165) is 10.5 Å². The fraction of sp³-hybridized carbons (Fsp3) is 0.238. The number of hydrogen-bond acceptors (Lipinski definition) is 4. The Morgan fingerprint density at radius 1 is 1.00 bits per heavy atom. The number of thioether (sulfide) groups is 1. The highest BCUT2D eigenvalue weighted by atomic mass is 32.2. The molecule has 1 aliphatic heterocycles. The monoisotopic (exact) mass is 352 g/mol. The maximum Gasteiger partial charge on any atom is 0.335 e. The summed E-state index contributed by atoms with van der Waals surface area (Å²) in [5, 5.41) is -0.357. The highest BCUT2D eigenvalue weighted by Crippen LogP contribution is 2.49. The minimum Gasteiger partial charge on any atom is -0.463 e. The van der Waals surface area contributed by atoms with E-state index in [1.54, 1.807) is 6.92 Å². The van der Waals surface area contributed by atoms with Gasteiger partial charge in [0.2, 0.25) is 0 Å². The van der Waals surface area contributed by atoms with Crippen molar-refractivity contribution in [2.24, 2.45) is 0 Å². The Balaban J connectivity index is 2.02. The van der Waals surface area contributed by atoms with Crippen molar-refractivity contribution in [1.29, 1.82) is 0 Å². The first-order valence-corrected chi connectivity index (χ1v) is 9.20. The topological polar surface area (TPSA) is 43.4 Å². The van der Waals surface area contributed by atoms with E-state index >= 15 is 0 Å². The minimum atomic E-state index is -0.357. The summed E-state index contributed by atoms with van der Waals surface area (Å²) in [6.45, 7) is 4.00. The van der Waals surface area contributed by atoms with Crippen molar-refractivity contribution in [3.63, 3.8) is 0 Å². The number of allylic oxidation sites excluding steroid dienone is 1. The lowest BCUT2D eigenvalue weighted by Crippen LogP contribution is -2.26. The van der Waals surface area contributed by atoms with Gasteiger partial charge in [-0.05, 0) is 24.3 Å². The summed E-state index contributed by atoms with van der Waals surface area (Å²) in [7, 11) is 0. The molecule has 1 aliphatic rings. The van der Waals surface area contributed by atoms with Gasteiger partial charge in [0.25, 0.3) is 0 Å². The second-order valence-corrected chi connectivity index (χ2v) is 7.20. The van der Waals surface area contributed by atoms with Crippen molar-refractivity contribution in [3.05, 3.63) is 82.3 Å². The molecule has 0 unspecified atom stereocenters. The van der Waals surface area contributed by atoms with Crippen LogP contribution in [0.1, 0.15) is 35.7 Å². The fourth-order valence-corrected chi connectivity index (χ4v) is 4.54. The number of carbonyl (C=O) groups is 2. The molecule has 2 atom stereocenters. The van der Waals surface area contributed by atoms with Crippen molar-refractivity contribution in [1.82, 2.24) is 0 Å². The van der Waals surface area contributed by atoms with Gasteiger partial charge in [0.05, 0.1) is 17.4 Å². The summed E-state index contributed by atoms with van der Waals surface area (Å²) in [6.07, 6.45) is 0. The first kappa shape index (κ1) is 17.5. The van der Waals surface area contributed by atoms with Crippen LogP contribution in [-0.4, -0.2) is 23.6 Å². The predicted octanol–water partition coefficient (Wildman–Crippen LogP) is 4.61. The zero-order valence-electron chi connectivity index (χ0n) is 14.3. The SMILES string of the molecule is CCOC(=O)C1=C(C)S[C@H](C(=O)c2ccccc2)[C@H]1c1ccccc1. The summed E-state index contributed by atoms with van der Waals surface area (Å²) in [6, 6.07) is 19.0. The zero-order chi connectivity index (χ0) is 17.8. The van der Waals surface area contributed by atoms with Crippen LogP contribution < -0.4 is 0 Å². The molecule has 2 aromatic rings. The molecule has 3 rings (SSSR count). The van der Waals surface area contributed by atoms with Crippen molar-refractivity contribution in [2.45, 2.75) is 25.0 Å². The Morgan fingerprint density at radius 3 is 2.20 bits per heavy atom. The van der Waals surface area contributed by atoms with Gasteiger partial charge in [-0.2, -0.15) is 0 Å². The number of Topliss-reactive ketones (excluding diaryl/α,β-unsaturated/α-hetero) is 1. The molecule has 0 saturated heterocycles. The van der Waals surface area contributed by atoms with Crippen LogP contribution in [0.5, 0.6) is 0 Å². The van der Waals surface area contributed by atoms with E-state index in [0.29, 0.717) is 17.7 Å². The van der Waals surface area contributed by atoms with E-state index in [4.69, 9.17) is 4.74 Å². The number of esters is 1. The highest BCUT2D eigenvalue weighted by molar-refractivity contribution is 8.04. The molecular weight excluding hydrogens is 332 g/mol. The molecule has 0 spiro atoms. The third-order valence-electron chi connectivity index (χ3n) is 4.27. The Labute approximate surface area is 152 Å². The molecule has 0 saturated carbocycles. The fourth-order valence-electron chi connectivity index (χ4n) is 3.15. The van der Waals surface area contributed by atoms with Gasteiger partial charge in [-0.1, -0.05) is 60.7 Å². The summed E-state index contributed by atoms with van der Waals surface area (Å²) >= 11 is 1.46. The van der Waals surface area contributed by atoms with Gasteiger partial charge in [-0.3, -0.25) is 4.79 Å². The molecule has 0 aromatic heterocycles. The summed E-state index contributed by atoms with van der Waals surface area (Å²) < 4.78 is 5.26. The van der Waals surface area contributed by atoms with Gasteiger partial charge in [-0.15, -0.1) is 11.8 Å². The van der Waals surface area contributed by atoms with Crippen LogP contribution in [-0.2, 0) is 9.53 Å². The molecule has 0 amide bonds. The second-order valence-electron chi connectivity index (χ2n) is 5.85. The molecule has 2 aromatic carbocycles. The van der Waals surface area contributed by atoms with E-state index < -0.39 is 0 Å². The van der Waals surface area contributed by atoms with Gasteiger partial charge in [0.15, 0.2) is 5.78 Å². The summed E-state index contributed by atoms with van der Waals surface area (Å²) in [5.41, 5.74) is 2.23. The molecule has 4 heteroatoms. The average Bonchev–Trinajstić information content (AvgIpc) is 3.00. The first-order chi connectivity index (χ1) is 12.1. The predicted molar refractivity (Wildman–Crippen MR) is 101 cm³/mol. The molecule has 25 heavy (non-hydrogen) atoms. The molecular formula is C21H20O3S. The summed E-state index contributed by atoms with van der Waals surface area (Å²) in [4.78, 5) is 26.5. The lowest BCUT2D eigenvalue weighted by molar-refractivity contribution is -0.138. The Bertz CT molecular complexity index is 796. The normalized spacial score (nSPS) is 19.8. The standard InChI is InChI=1S/C21H20O3S/c1-3-24-21(23)17-14(2)25-20(18(17)15-10-6-4-7-11-15)19(22)16-12-8-5-9-13-16/h4-13,18,20H,3H2,1-2H3/t18-,20-/m0/s1. The van der Waals surface area contributed by atoms with Gasteiger partial charge in [0, 0.05) is 11.5 Å². The van der Waals surface area contributed by atoms with E-state index in [1.165, 1.54) is 11.8 Å². The first-order valence-electron chi connectivity index (χ1n) is 8.32. The lowest BCUT2D eigenvalue weighted by Gasteiger charge is -2.21. The smallest absolute Gasteiger partial charge is 0.335 e. The molecule has 3 nitrogen and oxygen atoms in total. The quantitative estimate of drug-likeness (QED) is 0.582. The second kappa shape index (κ2) is 7.70. The maximum absolute atomic E-state index is 13.1. The zero-order valence-corrected chi connectivity index (χ0v) is 15.1. The number of carbonyl (C=O) groups excluding carboxylic acids is 2. The van der Waals surface area contributed by atoms with Gasteiger partial charge >= 0.3 is 5.97 Å². The molecule has 0 N–H and O–H groups in total. The van der Waals surface area contributed by atoms with Crippen LogP contribution >= 0.6 is 11.8 Å². The number of benzene rings is 2. The molecule has 1 heterocycles. The van der Waals surface area contributed by atoms with Gasteiger partial charge < -0.3 is 4.74 Å². The number of hydrogen-bond donors (Lipinski definition) is 0. The highest BCUT2D eigenvalue weighted by Gasteiger charge is 2.43. The van der Waals surface area contributed by atoms with Crippen LogP contribution in [0.4, 0.5) is 0 Å². The number of ketones is 1. The third kappa shape index (κ3) is 3.54. The van der Waals surface area contributed by atoms with Gasteiger partial charge in [-0.25, -0.2) is 4.79 Å². The Kier molecular flexibility index (Phi) is 5.39. The molecule has 0 bridgehead atoms. The van der Waals surface area contributed by atoms with Crippen LogP contribution in [0.25, 0.3) is 0 Å². The Morgan fingerprint density at radius 2 is 1.60 bits per heavy atom. The number of ether oxygens (including phenoxy) is 1. The van der Waals surface area contributed by atoms with E-state index in [9.17, 15) is 9.59 Å². The average molecular weight is 352 g/mol. The molecule has 128 valence electrons. The minimum absolute atomic E-state index is 0.0399. The largest absolute Gasteiger partial charge is 0.463 e. The Hall–Kier alpha value is -2.33. The van der Waals surface area contributed by atoms with Crippen LogP contribution in [0.15, 0.2) is 71.1 Å². The van der Waals surface area contributed by atoms with Crippen LogP contribution in [0, 0.1) is 0 Å². The van der Waals surface area contributed by atoms with E-state index in [-0.39, 0.29) is 22.9 Å². The van der Waals surface area contributed by atoms with Crippen LogP contribution in [0.2, 0.25) is 0 Å². The van der Waals surface area contributed by atoms with Crippen molar-refractivity contribution in [3.8, 4) is 0 Å². The number of rotatable bonds is 5. The maximum atomic E-state index is 13.1. The molecule has 0 aliphatic carbocycles. The molecule has 0 fully saturated rings. The van der Waals surface area contributed by atoms with E-state index in [1.807, 2.05) is 67.6 Å². The third-order valence-corrected chi connectivity index (χ3v) is 5.58. The lowest BCUT2D eigenvalue weighted by atomic mass is 9.85. The van der Waals surface area contributed by atoms with Crippen LogP contribution in [0.3, 0.4) is 0 Å². The van der Waals surface area contributed by atoms with Crippen molar-refractivity contribution >= 4 is 23.5 Å². The van der Waals surface area contributed by atoms with Gasteiger partial charge in [0.1, 0.15) is 0 Å². The molecule has 0 radical (unpaired) electrons.